The first-order valence-electron chi connectivity index (χ1n) is 6.55. The van der Waals surface area contributed by atoms with Gasteiger partial charge < -0.3 is 5.32 Å². The second-order valence-corrected chi connectivity index (χ2v) is 7.29. The molecule has 0 bridgehead atoms. The van der Waals surface area contributed by atoms with Gasteiger partial charge in [-0.2, -0.15) is 0 Å². The molecule has 3 heterocycles. The molecule has 4 rings (SSSR count). The molecule has 0 radical (unpaired) electrons. The maximum absolute atomic E-state index is 12.3. The van der Waals surface area contributed by atoms with E-state index in [-0.39, 0.29) is 5.91 Å². The van der Waals surface area contributed by atoms with Crippen LogP contribution in [-0.2, 0) is 0 Å². The summed E-state index contributed by atoms with van der Waals surface area (Å²) in [5.41, 5.74) is 0. The number of carbonyl (C=O) groups excluding carboxylic acids is 1. The smallest absolute Gasteiger partial charge is 0.266 e. The molecule has 22 heavy (non-hydrogen) atoms. The number of anilines is 1. The summed E-state index contributed by atoms with van der Waals surface area (Å²) in [5.74, 6) is 0.350. The van der Waals surface area contributed by atoms with Gasteiger partial charge in [0.1, 0.15) is 5.82 Å². The largest absolute Gasteiger partial charge is 0.306 e. The molecule has 4 aromatic rings. The fourth-order valence-electron chi connectivity index (χ4n) is 2.24. The summed E-state index contributed by atoms with van der Waals surface area (Å²) in [6, 6.07) is 13.6. The van der Waals surface area contributed by atoms with Gasteiger partial charge in [-0.25, -0.2) is 4.98 Å². The minimum absolute atomic E-state index is 0.146. The first-order valence-corrected chi connectivity index (χ1v) is 8.56. The number of fused-ring (bicyclic) bond motifs is 3. The highest BCUT2D eigenvalue weighted by molar-refractivity contribution is 7.33. The van der Waals surface area contributed by atoms with E-state index in [1.807, 2.05) is 18.2 Å². The Morgan fingerprint density at radius 2 is 1.95 bits per heavy atom. The summed E-state index contributed by atoms with van der Waals surface area (Å²) in [6.07, 6.45) is 1.51. The summed E-state index contributed by atoms with van der Waals surface area (Å²) < 4.78 is 3.55. The average Bonchev–Trinajstić information content (AvgIpc) is 3.07. The highest BCUT2D eigenvalue weighted by Gasteiger charge is 2.14. The van der Waals surface area contributed by atoms with Crippen molar-refractivity contribution in [3.8, 4) is 0 Å². The summed E-state index contributed by atoms with van der Waals surface area (Å²) in [4.78, 5) is 17.1. The number of carbonyl (C=O) groups is 1. The Hall–Kier alpha value is -1.95. The van der Waals surface area contributed by atoms with Crippen LogP contribution in [-0.4, -0.2) is 10.9 Å². The normalized spacial score (nSPS) is 11.1. The first-order chi connectivity index (χ1) is 10.7. The van der Waals surface area contributed by atoms with Crippen molar-refractivity contribution in [1.29, 1.82) is 0 Å². The van der Waals surface area contributed by atoms with Gasteiger partial charge in [-0.15, -0.1) is 22.7 Å². The van der Waals surface area contributed by atoms with Gasteiger partial charge in [0.05, 0.1) is 14.6 Å². The number of amides is 1. The Balaban J connectivity index is 1.68. The van der Waals surface area contributed by atoms with E-state index in [0.29, 0.717) is 15.7 Å². The number of hydrogen-bond donors (Lipinski definition) is 1. The first kappa shape index (κ1) is 13.7. The lowest BCUT2D eigenvalue weighted by atomic mass is 10.2. The second-order valence-electron chi connectivity index (χ2n) is 4.72. The number of hydrogen-bond acceptors (Lipinski definition) is 4. The average molecular weight is 345 g/mol. The van der Waals surface area contributed by atoms with E-state index in [9.17, 15) is 4.79 Å². The van der Waals surface area contributed by atoms with Gasteiger partial charge in [-0.3, -0.25) is 4.79 Å². The maximum Gasteiger partial charge on any atom is 0.266 e. The molecule has 0 saturated carbocycles. The molecule has 0 unspecified atom stereocenters. The number of nitrogens with zero attached hydrogens (tertiary/aromatic N) is 1. The SMILES string of the molecule is O=C(Nc1ccc(Cl)cn1)c1cc2sc3ccccc3c2s1. The third-order valence-electron chi connectivity index (χ3n) is 3.24. The lowest BCUT2D eigenvalue weighted by Gasteiger charge is -2.01. The van der Waals surface area contributed by atoms with Gasteiger partial charge >= 0.3 is 0 Å². The quantitative estimate of drug-likeness (QED) is 0.527. The molecule has 0 atom stereocenters. The van der Waals surface area contributed by atoms with Gasteiger partial charge in [-0.05, 0) is 24.3 Å². The van der Waals surface area contributed by atoms with Crippen LogP contribution in [0, 0.1) is 0 Å². The number of thiophene rings is 2. The van der Waals surface area contributed by atoms with E-state index in [1.54, 1.807) is 23.5 Å². The molecule has 0 aliphatic carbocycles. The Bertz CT molecular complexity index is 988. The van der Waals surface area contributed by atoms with Crippen molar-refractivity contribution in [3.05, 3.63) is 58.6 Å². The molecule has 3 aromatic heterocycles. The van der Waals surface area contributed by atoms with Crippen LogP contribution in [0.25, 0.3) is 19.5 Å². The van der Waals surface area contributed by atoms with Crippen LogP contribution in [0.3, 0.4) is 0 Å². The minimum atomic E-state index is -0.146. The van der Waals surface area contributed by atoms with Gasteiger partial charge in [-0.1, -0.05) is 29.8 Å². The highest BCUT2D eigenvalue weighted by Crippen LogP contribution is 2.39. The molecule has 0 fully saturated rings. The number of nitrogens with one attached hydrogen (secondary N) is 1. The standard InChI is InChI=1S/C16H9ClN2OS2/c17-9-5-6-14(18-8-9)19-16(20)13-7-12-15(22-13)10-3-1-2-4-11(10)21-12/h1-8H,(H,18,19,20). The summed E-state index contributed by atoms with van der Waals surface area (Å²) in [5, 5.41) is 4.54. The predicted octanol–water partition coefficient (Wildman–Crippen LogP) is 5.42. The Labute approximate surface area is 139 Å². The zero-order valence-electron chi connectivity index (χ0n) is 11.2. The fourth-order valence-corrected chi connectivity index (χ4v) is 4.77. The monoisotopic (exact) mass is 344 g/mol. The van der Waals surface area contributed by atoms with E-state index in [1.165, 1.54) is 27.6 Å². The van der Waals surface area contributed by atoms with Crippen LogP contribution in [0.1, 0.15) is 9.67 Å². The topological polar surface area (TPSA) is 42.0 Å². The minimum Gasteiger partial charge on any atom is -0.306 e. The number of aromatic nitrogens is 1. The number of benzene rings is 1. The second kappa shape index (κ2) is 5.35. The van der Waals surface area contributed by atoms with Crippen LogP contribution in [0.15, 0.2) is 48.7 Å². The molecule has 108 valence electrons. The molecule has 1 amide bonds. The van der Waals surface area contributed by atoms with Gasteiger partial charge in [0, 0.05) is 21.0 Å². The molecule has 3 nitrogen and oxygen atoms in total. The van der Waals surface area contributed by atoms with E-state index < -0.39 is 0 Å². The van der Waals surface area contributed by atoms with Crippen LogP contribution in [0.4, 0.5) is 5.82 Å². The Morgan fingerprint density at radius 1 is 1.09 bits per heavy atom. The van der Waals surface area contributed by atoms with Gasteiger partial charge in [0.2, 0.25) is 0 Å². The van der Waals surface area contributed by atoms with E-state index in [0.717, 1.165) is 9.40 Å². The van der Waals surface area contributed by atoms with E-state index in [2.05, 4.69) is 22.4 Å². The fraction of sp³-hybridized carbons (Fsp3) is 0. The van der Waals surface area contributed by atoms with Gasteiger partial charge in [0.15, 0.2) is 0 Å². The molecule has 1 N–H and O–H groups in total. The molecule has 0 aliphatic heterocycles. The van der Waals surface area contributed by atoms with Crippen molar-refractivity contribution in [2.75, 3.05) is 5.32 Å². The molecule has 0 spiro atoms. The van der Waals surface area contributed by atoms with Crippen LogP contribution in [0.5, 0.6) is 0 Å². The van der Waals surface area contributed by atoms with E-state index >= 15 is 0 Å². The summed E-state index contributed by atoms with van der Waals surface area (Å²) >= 11 is 9.00. The summed E-state index contributed by atoms with van der Waals surface area (Å²) in [7, 11) is 0. The molecule has 0 saturated heterocycles. The maximum atomic E-state index is 12.3. The molecule has 1 aromatic carbocycles. The lowest BCUT2D eigenvalue weighted by Crippen LogP contribution is -2.10. The molecule has 6 heteroatoms. The zero-order valence-corrected chi connectivity index (χ0v) is 13.6. The van der Waals surface area contributed by atoms with Gasteiger partial charge in [0.25, 0.3) is 5.91 Å². The van der Waals surface area contributed by atoms with Crippen molar-refractivity contribution < 1.29 is 4.79 Å². The Kier molecular flexibility index (Phi) is 3.33. The number of pyridine rings is 1. The van der Waals surface area contributed by atoms with Crippen LogP contribution < -0.4 is 5.32 Å². The lowest BCUT2D eigenvalue weighted by molar-refractivity contribution is 0.103. The van der Waals surface area contributed by atoms with Crippen LogP contribution >= 0.6 is 34.3 Å². The van der Waals surface area contributed by atoms with Crippen LogP contribution in [0.2, 0.25) is 5.02 Å². The predicted molar refractivity (Wildman–Crippen MR) is 94.4 cm³/mol. The highest BCUT2D eigenvalue weighted by atomic mass is 35.5. The number of rotatable bonds is 2. The summed E-state index contributed by atoms with van der Waals surface area (Å²) in [6.45, 7) is 0. The van der Waals surface area contributed by atoms with Crippen molar-refractivity contribution in [2.24, 2.45) is 0 Å². The molecular formula is C16H9ClN2OS2. The van der Waals surface area contributed by atoms with E-state index in [4.69, 9.17) is 11.6 Å². The third kappa shape index (κ3) is 2.37. The zero-order chi connectivity index (χ0) is 15.1. The van der Waals surface area contributed by atoms with Crippen molar-refractivity contribution in [1.82, 2.24) is 4.98 Å². The Morgan fingerprint density at radius 3 is 2.77 bits per heavy atom. The van der Waals surface area contributed by atoms with Crippen molar-refractivity contribution in [2.45, 2.75) is 0 Å². The molecular weight excluding hydrogens is 336 g/mol. The molecule has 0 aliphatic rings. The number of halogens is 1. The van der Waals surface area contributed by atoms with Crippen molar-refractivity contribution in [3.63, 3.8) is 0 Å². The van der Waals surface area contributed by atoms with Crippen molar-refractivity contribution >= 4 is 65.5 Å². The third-order valence-corrected chi connectivity index (χ3v) is 5.88.